The summed E-state index contributed by atoms with van der Waals surface area (Å²) in [4.78, 5) is 0. The van der Waals surface area contributed by atoms with Crippen LogP contribution in [0, 0.1) is 0 Å². The van der Waals surface area contributed by atoms with Gasteiger partial charge in [-0.15, -0.1) is 0 Å². The van der Waals surface area contributed by atoms with Gasteiger partial charge in [-0.25, -0.2) is 0 Å². The van der Waals surface area contributed by atoms with E-state index in [-0.39, 0.29) is 6.61 Å². The second-order valence-electron chi connectivity index (χ2n) is 5.32. The monoisotopic (exact) mass is 243 g/mol. The predicted molar refractivity (Wildman–Crippen MR) is 76.7 cm³/mol. The van der Waals surface area contributed by atoms with Gasteiger partial charge in [-0.2, -0.15) is 0 Å². The van der Waals surface area contributed by atoms with Crippen molar-refractivity contribution < 1.29 is 5.11 Å². The molecule has 0 saturated carbocycles. The smallest absolute Gasteiger partial charge is 0.0652 e. The molecule has 0 heterocycles. The van der Waals surface area contributed by atoms with Crippen molar-refractivity contribution in [2.75, 3.05) is 6.61 Å². The summed E-state index contributed by atoms with van der Waals surface area (Å²) >= 11 is 0. The Labute approximate surface area is 109 Å². The summed E-state index contributed by atoms with van der Waals surface area (Å²) in [6.45, 7) is 6.33. The van der Waals surface area contributed by atoms with Gasteiger partial charge in [0.15, 0.2) is 0 Å². The van der Waals surface area contributed by atoms with Gasteiger partial charge < -0.3 is 10.4 Å². The lowest BCUT2D eigenvalue weighted by Gasteiger charge is -2.32. The highest BCUT2D eigenvalue weighted by molar-refractivity contribution is 5.86. The van der Waals surface area contributed by atoms with Crippen LogP contribution in [0.25, 0.3) is 10.8 Å². The molecule has 0 aliphatic rings. The van der Waals surface area contributed by atoms with Crippen molar-refractivity contribution in [3.05, 3.63) is 48.0 Å². The summed E-state index contributed by atoms with van der Waals surface area (Å²) in [6, 6.07) is 14.9. The molecule has 2 aromatic carbocycles. The first-order valence-electron chi connectivity index (χ1n) is 6.43. The van der Waals surface area contributed by atoms with Crippen LogP contribution in [0.4, 0.5) is 0 Å². The van der Waals surface area contributed by atoms with Crippen molar-refractivity contribution in [3.63, 3.8) is 0 Å². The van der Waals surface area contributed by atoms with Gasteiger partial charge in [-0.05, 0) is 37.1 Å². The summed E-state index contributed by atoms with van der Waals surface area (Å²) in [5.74, 6) is 0. The molecule has 0 aliphatic carbocycles. The second kappa shape index (κ2) is 5.09. The molecule has 2 aromatic rings. The maximum atomic E-state index is 9.78. The Bertz CT molecular complexity index is 530. The van der Waals surface area contributed by atoms with Gasteiger partial charge in [0, 0.05) is 6.04 Å². The van der Waals surface area contributed by atoms with E-state index in [1.807, 2.05) is 18.2 Å². The first-order valence-corrected chi connectivity index (χ1v) is 6.43. The summed E-state index contributed by atoms with van der Waals surface area (Å²) in [6.07, 6.45) is 0. The Morgan fingerprint density at radius 1 is 1.11 bits per heavy atom. The van der Waals surface area contributed by atoms with E-state index in [4.69, 9.17) is 0 Å². The van der Waals surface area contributed by atoms with E-state index in [0.29, 0.717) is 6.04 Å². The van der Waals surface area contributed by atoms with Crippen LogP contribution in [0.5, 0.6) is 0 Å². The fourth-order valence-electron chi connectivity index (χ4n) is 2.55. The second-order valence-corrected chi connectivity index (χ2v) is 5.32. The summed E-state index contributed by atoms with van der Waals surface area (Å²) in [5.41, 5.74) is 0.742. The van der Waals surface area contributed by atoms with Crippen molar-refractivity contribution >= 4 is 10.8 Å². The number of fused-ring (bicyclic) bond motifs is 1. The lowest BCUT2D eigenvalue weighted by Crippen LogP contribution is -2.46. The van der Waals surface area contributed by atoms with E-state index in [2.05, 4.69) is 50.4 Å². The zero-order chi connectivity index (χ0) is 13.2. The molecule has 18 heavy (non-hydrogen) atoms. The molecule has 0 spiro atoms. The minimum atomic E-state index is -0.408. The van der Waals surface area contributed by atoms with Crippen LogP contribution >= 0.6 is 0 Å². The number of benzene rings is 2. The largest absolute Gasteiger partial charge is 0.394 e. The number of hydrogen-bond acceptors (Lipinski definition) is 2. The summed E-state index contributed by atoms with van der Waals surface area (Å²) < 4.78 is 0. The summed E-state index contributed by atoms with van der Waals surface area (Å²) in [5, 5.41) is 15.7. The van der Waals surface area contributed by atoms with Crippen molar-refractivity contribution in [1.82, 2.24) is 5.32 Å². The highest BCUT2D eigenvalue weighted by Gasteiger charge is 2.27. The first kappa shape index (κ1) is 13.1. The fourth-order valence-corrected chi connectivity index (χ4v) is 2.55. The maximum Gasteiger partial charge on any atom is 0.0652 e. The van der Waals surface area contributed by atoms with Crippen LogP contribution in [-0.4, -0.2) is 17.8 Å². The van der Waals surface area contributed by atoms with E-state index in [1.165, 1.54) is 10.8 Å². The van der Waals surface area contributed by atoms with Crippen LogP contribution < -0.4 is 5.32 Å². The Hall–Kier alpha value is -1.38. The zero-order valence-corrected chi connectivity index (χ0v) is 11.3. The third kappa shape index (κ3) is 2.40. The molecule has 2 nitrogen and oxygen atoms in total. The third-order valence-electron chi connectivity index (χ3n) is 3.31. The number of hydrogen-bond donors (Lipinski definition) is 2. The van der Waals surface area contributed by atoms with E-state index in [9.17, 15) is 5.11 Å². The predicted octanol–water partition coefficient (Wildman–Crippen LogP) is 3.05. The van der Waals surface area contributed by atoms with Crippen molar-refractivity contribution in [1.29, 1.82) is 0 Å². The van der Waals surface area contributed by atoms with Gasteiger partial charge in [-0.3, -0.25) is 0 Å². The molecule has 0 amide bonds. The number of aliphatic hydroxyl groups is 1. The Kier molecular flexibility index (Phi) is 3.69. The SMILES string of the molecule is CC(C)NC(C)(CO)c1cccc2ccccc12. The highest BCUT2D eigenvalue weighted by Crippen LogP contribution is 2.28. The highest BCUT2D eigenvalue weighted by atomic mass is 16.3. The molecule has 1 atom stereocenters. The topological polar surface area (TPSA) is 32.3 Å². The van der Waals surface area contributed by atoms with Crippen LogP contribution in [0.15, 0.2) is 42.5 Å². The molecule has 1 unspecified atom stereocenters. The molecule has 0 aromatic heterocycles. The van der Waals surface area contributed by atoms with E-state index < -0.39 is 5.54 Å². The maximum absolute atomic E-state index is 9.78. The molecule has 0 saturated heterocycles. The van der Waals surface area contributed by atoms with Crippen molar-refractivity contribution in [2.45, 2.75) is 32.4 Å². The van der Waals surface area contributed by atoms with Crippen LogP contribution in [0.1, 0.15) is 26.3 Å². The van der Waals surface area contributed by atoms with Gasteiger partial charge in [0.1, 0.15) is 0 Å². The molecular weight excluding hydrogens is 222 g/mol. The third-order valence-corrected chi connectivity index (χ3v) is 3.31. The average Bonchev–Trinajstić information content (AvgIpc) is 2.37. The molecule has 0 aliphatic heterocycles. The van der Waals surface area contributed by atoms with Gasteiger partial charge >= 0.3 is 0 Å². The van der Waals surface area contributed by atoms with Gasteiger partial charge in [0.25, 0.3) is 0 Å². The molecular formula is C16H21NO. The lowest BCUT2D eigenvalue weighted by atomic mass is 9.88. The molecule has 0 bridgehead atoms. The van der Waals surface area contributed by atoms with Gasteiger partial charge in [0.2, 0.25) is 0 Å². The zero-order valence-electron chi connectivity index (χ0n) is 11.3. The van der Waals surface area contributed by atoms with Crippen LogP contribution in [0.3, 0.4) is 0 Å². The Morgan fingerprint density at radius 2 is 1.78 bits per heavy atom. The summed E-state index contributed by atoms with van der Waals surface area (Å²) in [7, 11) is 0. The van der Waals surface area contributed by atoms with E-state index in [1.54, 1.807) is 0 Å². The van der Waals surface area contributed by atoms with Crippen LogP contribution in [0.2, 0.25) is 0 Å². The number of aliphatic hydroxyl groups excluding tert-OH is 1. The molecule has 2 N–H and O–H groups in total. The van der Waals surface area contributed by atoms with Crippen LogP contribution in [-0.2, 0) is 5.54 Å². The molecule has 2 rings (SSSR count). The van der Waals surface area contributed by atoms with Gasteiger partial charge in [0.05, 0.1) is 12.1 Å². The lowest BCUT2D eigenvalue weighted by molar-refractivity contribution is 0.167. The molecule has 0 radical (unpaired) electrons. The average molecular weight is 243 g/mol. The van der Waals surface area contributed by atoms with Crippen molar-refractivity contribution in [3.8, 4) is 0 Å². The first-order chi connectivity index (χ1) is 8.57. The van der Waals surface area contributed by atoms with E-state index >= 15 is 0 Å². The molecule has 0 fully saturated rings. The Morgan fingerprint density at radius 3 is 2.44 bits per heavy atom. The van der Waals surface area contributed by atoms with E-state index in [0.717, 1.165) is 5.56 Å². The number of rotatable bonds is 4. The fraction of sp³-hybridized carbons (Fsp3) is 0.375. The quantitative estimate of drug-likeness (QED) is 0.865. The standard InChI is InChI=1S/C16H21NO/c1-12(2)17-16(3,11-18)15-10-6-8-13-7-4-5-9-14(13)15/h4-10,12,17-18H,11H2,1-3H3. The molecule has 2 heteroatoms. The number of nitrogens with one attached hydrogen (secondary N) is 1. The molecule has 96 valence electrons. The van der Waals surface area contributed by atoms with Crippen molar-refractivity contribution in [2.24, 2.45) is 0 Å². The Balaban J connectivity index is 2.58. The van der Waals surface area contributed by atoms with Gasteiger partial charge in [-0.1, -0.05) is 42.5 Å². The normalized spacial score (nSPS) is 14.9. The minimum absolute atomic E-state index is 0.0825. The minimum Gasteiger partial charge on any atom is -0.394 e.